The smallest absolute Gasteiger partial charge is 0.135 e. The van der Waals surface area contributed by atoms with E-state index in [0.717, 1.165) is 11.1 Å². The van der Waals surface area contributed by atoms with Crippen LogP contribution in [0.25, 0.3) is 11.6 Å². The zero-order valence-corrected chi connectivity index (χ0v) is 35.8. The third-order valence-corrected chi connectivity index (χ3v) is 13.3. The fourth-order valence-electron chi connectivity index (χ4n) is 10.6. The fraction of sp³-hybridized carbons (Fsp3) is 0.107. The van der Waals surface area contributed by atoms with E-state index in [4.69, 9.17) is 9.47 Å². The van der Waals surface area contributed by atoms with Crippen LogP contribution in [0, 0.1) is 0 Å². The molecule has 12 heteroatoms. The molecule has 0 bridgehead atoms. The van der Waals surface area contributed by atoms with Gasteiger partial charge < -0.3 is 60.5 Å². The lowest BCUT2D eigenvalue weighted by atomic mass is 9.79. The second kappa shape index (κ2) is 15.9. The topological polar surface area (TPSA) is 221 Å². The molecule has 0 saturated heterocycles. The average molecular weight is 907 g/mol. The SMILES string of the molecule is Oc1ccc([C@@H]2c3c(O)cc(O)cc3C(=Cc3ccc4c(c3)[C@H](c3cc(O)cc(O)c3)[C@@H](c3ccc5c(c3)[C@@H](c3cc(O)cc(O)c3)[C@H](c3ccc(O)cc3)O5)O4)[C@H]2c2cc(O)cc(O)c2)cc1. The molecule has 2 aliphatic heterocycles. The standard InChI is InChI=1S/C56H42O12/c57-34-7-2-28(3-8-34)53-50(31-15-36(59)22-37(60)16-31)43(44-25-42(65)26-47(66)54(44)53)13-27-1-11-48-45(14-27)51(32-17-38(61)23-39(62)18-32)56(68-48)30-6-12-49-46(21-30)52(33-19-40(63)24-41(64)20-33)55(67-49)29-4-9-35(58)10-5-29/h1-26,50-53,55-66H/t50-,51+,52-,53+,55+,56-/m1/s1. The molecule has 0 amide bonds. The van der Waals surface area contributed by atoms with Gasteiger partial charge in [0, 0.05) is 52.8 Å². The van der Waals surface area contributed by atoms with E-state index in [0.29, 0.717) is 67.1 Å². The van der Waals surface area contributed by atoms with Gasteiger partial charge in [0.1, 0.15) is 81.2 Å². The summed E-state index contributed by atoms with van der Waals surface area (Å²) in [5.41, 5.74) is 7.63. The summed E-state index contributed by atoms with van der Waals surface area (Å²) in [7, 11) is 0. The maximum absolute atomic E-state index is 11.5. The Morgan fingerprint density at radius 1 is 0.324 bits per heavy atom. The van der Waals surface area contributed by atoms with Crippen molar-refractivity contribution >= 4 is 11.6 Å². The molecule has 10 N–H and O–H groups in total. The maximum Gasteiger partial charge on any atom is 0.135 e. The highest BCUT2D eigenvalue weighted by Gasteiger charge is 2.44. The van der Waals surface area contributed by atoms with Gasteiger partial charge in [-0.1, -0.05) is 42.5 Å². The molecule has 0 radical (unpaired) electrons. The number of phenols is 10. The van der Waals surface area contributed by atoms with Crippen molar-refractivity contribution in [2.75, 3.05) is 0 Å². The lowest BCUT2D eigenvalue weighted by Gasteiger charge is -2.24. The molecule has 6 atom stereocenters. The maximum atomic E-state index is 11.5. The molecule has 0 unspecified atom stereocenters. The van der Waals surface area contributed by atoms with Gasteiger partial charge in [-0.2, -0.15) is 0 Å². The number of hydrogen-bond donors (Lipinski definition) is 10. The van der Waals surface area contributed by atoms with E-state index in [-0.39, 0.29) is 57.5 Å². The monoisotopic (exact) mass is 906 g/mol. The zero-order valence-electron chi connectivity index (χ0n) is 35.8. The first kappa shape index (κ1) is 41.8. The van der Waals surface area contributed by atoms with Crippen LogP contribution >= 0.6 is 0 Å². The summed E-state index contributed by atoms with van der Waals surface area (Å²) in [6.07, 6.45) is 0.581. The Bertz CT molecular complexity index is 3280. The molecule has 12 nitrogen and oxygen atoms in total. The van der Waals surface area contributed by atoms with E-state index in [1.807, 2.05) is 42.5 Å². The van der Waals surface area contributed by atoms with Crippen LogP contribution in [0.5, 0.6) is 69.0 Å². The summed E-state index contributed by atoms with van der Waals surface area (Å²) in [6.45, 7) is 0. The van der Waals surface area contributed by atoms with Crippen LogP contribution in [0.4, 0.5) is 0 Å². The number of hydrogen-bond acceptors (Lipinski definition) is 12. The number of rotatable bonds is 7. The minimum atomic E-state index is -0.728. The van der Waals surface area contributed by atoms with Crippen LogP contribution < -0.4 is 9.47 Å². The number of allylic oxidation sites excluding steroid dienone is 1. The summed E-state index contributed by atoms with van der Waals surface area (Å²) in [5.74, 6) is -2.46. The Kier molecular flexibility index (Phi) is 9.78. The van der Waals surface area contributed by atoms with Crippen molar-refractivity contribution in [3.8, 4) is 69.0 Å². The number of ether oxygens (including phenoxy) is 2. The number of aromatic hydroxyl groups is 10. The van der Waals surface area contributed by atoms with Crippen molar-refractivity contribution < 1.29 is 60.5 Å². The Morgan fingerprint density at radius 2 is 0.750 bits per heavy atom. The van der Waals surface area contributed by atoms with Crippen molar-refractivity contribution in [3.63, 3.8) is 0 Å². The van der Waals surface area contributed by atoms with Crippen LogP contribution in [0.2, 0.25) is 0 Å². The highest BCUT2D eigenvalue weighted by molar-refractivity contribution is 5.93. The van der Waals surface area contributed by atoms with Gasteiger partial charge in [-0.25, -0.2) is 0 Å². The Labute approximate surface area is 388 Å². The molecule has 0 saturated carbocycles. The van der Waals surface area contributed by atoms with Crippen molar-refractivity contribution in [2.24, 2.45) is 0 Å². The average Bonchev–Trinajstić information content (AvgIpc) is 3.96. The van der Waals surface area contributed by atoms with Gasteiger partial charge in [0.2, 0.25) is 0 Å². The molecule has 68 heavy (non-hydrogen) atoms. The van der Waals surface area contributed by atoms with Crippen LogP contribution in [0.15, 0.2) is 152 Å². The van der Waals surface area contributed by atoms with Crippen molar-refractivity contribution in [1.29, 1.82) is 0 Å². The van der Waals surface area contributed by atoms with Gasteiger partial charge in [0.15, 0.2) is 0 Å². The second-order valence-corrected chi connectivity index (χ2v) is 17.6. The van der Waals surface area contributed by atoms with Crippen LogP contribution in [-0.2, 0) is 0 Å². The first-order valence-corrected chi connectivity index (χ1v) is 21.8. The first-order chi connectivity index (χ1) is 32.7. The molecular formula is C56H42O12. The predicted molar refractivity (Wildman–Crippen MR) is 251 cm³/mol. The normalized spacial score (nSPS) is 20.6. The lowest BCUT2D eigenvalue weighted by molar-refractivity contribution is 0.221. The highest BCUT2D eigenvalue weighted by Crippen LogP contribution is 2.60. The first-order valence-electron chi connectivity index (χ1n) is 21.8. The summed E-state index contributed by atoms with van der Waals surface area (Å²) in [4.78, 5) is 0. The van der Waals surface area contributed by atoms with Gasteiger partial charge in [-0.05, 0) is 141 Å². The molecule has 1 aliphatic carbocycles. The summed E-state index contributed by atoms with van der Waals surface area (Å²) in [5, 5.41) is 107. The third-order valence-electron chi connectivity index (χ3n) is 13.3. The van der Waals surface area contributed by atoms with Crippen LogP contribution in [-0.4, -0.2) is 51.1 Å². The summed E-state index contributed by atoms with van der Waals surface area (Å²) >= 11 is 0. The van der Waals surface area contributed by atoms with E-state index in [1.165, 1.54) is 24.3 Å². The van der Waals surface area contributed by atoms with Crippen LogP contribution in [0.3, 0.4) is 0 Å². The number of benzene rings is 8. The molecule has 8 aromatic carbocycles. The minimum absolute atomic E-state index is 0.0422. The van der Waals surface area contributed by atoms with Crippen molar-refractivity contribution in [2.45, 2.75) is 35.9 Å². The lowest BCUT2D eigenvalue weighted by Crippen LogP contribution is -2.13. The quantitative estimate of drug-likeness (QED) is 0.0722. The molecule has 0 aromatic heterocycles. The van der Waals surface area contributed by atoms with Crippen molar-refractivity contribution in [1.82, 2.24) is 0 Å². The van der Waals surface area contributed by atoms with Crippen molar-refractivity contribution in [3.05, 3.63) is 213 Å². The molecule has 8 aromatic rings. The van der Waals surface area contributed by atoms with E-state index in [2.05, 4.69) is 0 Å². The number of fused-ring (bicyclic) bond motifs is 3. The Balaban J connectivity index is 1.06. The highest BCUT2D eigenvalue weighted by atomic mass is 16.5. The summed E-state index contributed by atoms with van der Waals surface area (Å²) < 4.78 is 13.4. The molecule has 0 fully saturated rings. The van der Waals surface area contributed by atoms with E-state index in [9.17, 15) is 51.1 Å². The molecule has 338 valence electrons. The fourth-order valence-corrected chi connectivity index (χ4v) is 10.6. The van der Waals surface area contributed by atoms with Gasteiger partial charge in [0.05, 0.1) is 11.8 Å². The van der Waals surface area contributed by atoms with Gasteiger partial charge in [-0.15, -0.1) is 0 Å². The van der Waals surface area contributed by atoms with E-state index in [1.54, 1.807) is 91.0 Å². The number of phenolic OH excluding ortho intramolecular Hbond substituents is 10. The molecule has 2 heterocycles. The minimum Gasteiger partial charge on any atom is -0.508 e. The molecule has 0 spiro atoms. The van der Waals surface area contributed by atoms with Gasteiger partial charge >= 0.3 is 0 Å². The van der Waals surface area contributed by atoms with Crippen LogP contribution in [0.1, 0.15) is 97.1 Å². The Hall–Kier alpha value is -8.90. The molecule has 11 rings (SSSR count). The molecular weight excluding hydrogens is 865 g/mol. The van der Waals surface area contributed by atoms with E-state index >= 15 is 0 Å². The van der Waals surface area contributed by atoms with Gasteiger partial charge in [-0.3, -0.25) is 0 Å². The summed E-state index contributed by atoms with van der Waals surface area (Å²) in [6, 6.07) is 40.5. The largest absolute Gasteiger partial charge is 0.508 e. The zero-order chi connectivity index (χ0) is 47.1. The van der Waals surface area contributed by atoms with E-state index < -0.39 is 35.9 Å². The van der Waals surface area contributed by atoms with Gasteiger partial charge in [0.25, 0.3) is 0 Å². The molecule has 3 aliphatic rings. The third kappa shape index (κ3) is 7.28. The Morgan fingerprint density at radius 3 is 1.28 bits per heavy atom. The second-order valence-electron chi connectivity index (χ2n) is 17.6. The predicted octanol–water partition coefficient (Wildman–Crippen LogP) is 10.7.